The van der Waals surface area contributed by atoms with Gasteiger partial charge < -0.3 is 19.9 Å². The van der Waals surface area contributed by atoms with Crippen LogP contribution in [0.1, 0.15) is 20.3 Å². The van der Waals surface area contributed by atoms with Crippen LogP contribution in [0, 0.1) is 0 Å². The van der Waals surface area contributed by atoms with E-state index >= 15 is 0 Å². The fourth-order valence-corrected chi connectivity index (χ4v) is 3.40. The molecule has 1 heterocycles. The average molecular weight is 317 g/mol. The number of methoxy groups -OCH3 is 1. The summed E-state index contributed by atoms with van der Waals surface area (Å²) in [6.45, 7) is 10.4. The molecule has 0 aromatic heterocycles. The lowest BCUT2D eigenvalue weighted by atomic mass is 10.2. The Labute approximate surface area is 133 Å². The molecule has 1 fully saturated rings. The number of ether oxygens (including phenoxy) is 1. The topological polar surface area (TPSA) is 44.8 Å². The fourth-order valence-electron chi connectivity index (χ4n) is 2.46. The van der Waals surface area contributed by atoms with Gasteiger partial charge in [-0.1, -0.05) is 13.8 Å². The van der Waals surface area contributed by atoms with Gasteiger partial charge in [0.1, 0.15) is 0 Å². The Balaban J connectivity index is 2.43. The van der Waals surface area contributed by atoms with Crippen molar-refractivity contribution >= 4 is 17.7 Å². The van der Waals surface area contributed by atoms with Gasteiger partial charge in [0.25, 0.3) is 0 Å². The monoisotopic (exact) mass is 317 g/mol. The molecule has 0 aromatic carbocycles. The largest absolute Gasteiger partial charge is 0.383 e. The molecule has 1 aliphatic heterocycles. The van der Waals surface area contributed by atoms with E-state index in [2.05, 4.69) is 24.1 Å². The predicted molar refractivity (Wildman–Crippen MR) is 90.0 cm³/mol. The zero-order valence-corrected chi connectivity index (χ0v) is 14.6. The molecule has 1 saturated heterocycles. The van der Waals surface area contributed by atoms with Crippen LogP contribution in [0.4, 0.5) is 0 Å². The summed E-state index contributed by atoms with van der Waals surface area (Å²) in [6.07, 6.45) is 0.606. The predicted octanol–water partition coefficient (Wildman–Crippen LogP) is 0.898. The first-order chi connectivity index (χ1) is 10.2. The van der Waals surface area contributed by atoms with Crippen LogP contribution in [-0.2, 0) is 9.53 Å². The van der Waals surface area contributed by atoms with Gasteiger partial charge in [-0.2, -0.15) is 11.8 Å². The van der Waals surface area contributed by atoms with Crippen LogP contribution in [0.15, 0.2) is 0 Å². The van der Waals surface area contributed by atoms with Crippen molar-refractivity contribution in [1.29, 1.82) is 0 Å². The lowest BCUT2D eigenvalue weighted by Gasteiger charge is -2.29. The van der Waals surface area contributed by atoms with Crippen LogP contribution in [-0.4, -0.2) is 86.2 Å². The fraction of sp³-hybridized carbons (Fsp3) is 0.933. The molecule has 0 aromatic rings. The molecule has 5 nitrogen and oxygen atoms in total. The van der Waals surface area contributed by atoms with Gasteiger partial charge in [0.2, 0.25) is 5.91 Å². The minimum atomic E-state index is 0.249. The summed E-state index contributed by atoms with van der Waals surface area (Å²) in [5, 5.41) is 3.44. The lowest BCUT2D eigenvalue weighted by Crippen LogP contribution is -2.45. The molecule has 124 valence electrons. The summed E-state index contributed by atoms with van der Waals surface area (Å²) >= 11 is 1.93. The molecule has 0 bridgehead atoms. The Morgan fingerprint density at radius 2 is 2.05 bits per heavy atom. The van der Waals surface area contributed by atoms with E-state index in [1.807, 2.05) is 16.7 Å². The third kappa shape index (κ3) is 7.49. The van der Waals surface area contributed by atoms with Crippen molar-refractivity contribution in [2.24, 2.45) is 0 Å². The van der Waals surface area contributed by atoms with Gasteiger partial charge in [-0.15, -0.1) is 0 Å². The van der Waals surface area contributed by atoms with Crippen LogP contribution < -0.4 is 5.32 Å². The van der Waals surface area contributed by atoms with Gasteiger partial charge in [-0.05, 0) is 13.1 Å². The maximum atomic E-state index is 12.5. The quantitative estimate of drug-likeness (QED) is 0.648. The second kappa shape index (κ2) is 11.3. The molecule has 6 heteroatoms. The second-order valence-corrected chi connectivity index (χ2v) is 6.48. The Morgan fingerprint density at radius 1 is 1.29 bits per heavy atom. The van der Waals surface area contributed by atoms with Crippen molar-refractivity contribution in [3.05, 3.63) is 0 Å². The lowest BCUT2D eigenvalue weighted by molar-refractivity contribution is -0.132. The number of rotatable bonds is 10. The van der Waals surface area contributed by atoms with Gasteiger partial charge in [0, 0.05) is 57.3 Å². The van der Waals surface area contributed by atoms with Gasteiger partial charge in [-0.25, -0.2) is 0 Å². The van der Waals surface area contributed by atoms with E-state index in [-0.39, 0.29) is 5.91 Å². The van der Waals surface area contributed by atoms with E-state index in [0.717, 1.165) is 44.2 Å². The van der Waals surface area contributed by atoms with E-state index in [0.29, 0.717) is 25.6 Å². The molecular formula is C15H31N3O2S. The number of hydrogen-bond donors (Lipinski definition) is 1. The van der Waals surface area contributed by atoms with Crippen LogP contribution >= 0.6 is 11.8 Å². The van der Waals surface area contributed by atoms with Gasteiger partial charge in [0.15, 0.2) is 0 Å². The molecule has 0 aliphatic carbocycles. The number of likely N-dealkylation sites (N-methyl/N-ethyl adjacent to an activating group) is 1. The Morgan fingerprint density at radius 3 is 2.62 bits per heavy atom. The van der Waals surface area contributed by atoms with Crippen LogP contribution in [0.5, 0.6) is 0 Å². The Kier molecular flexibility index (Phi) is 10.1. The number of carbonyl (C=O) groups excluding carboxylic acids is 1. The molecule has 0 saturated carbocycles. The van der Waals surface area contributed by atoms with E-state index < -0.39 is 0 Å². The molecule has 1 unspecified atom stereocenters. The zero-order valence-electron chi connectivity index (χ0n) is 13.8. The van der Waals surface area contributed by atoms with Gasteiger partial charge >= 0.3 is 0 Å². The molecule has 21 heavy (non-hydrogen) atoms. The first-order valence-electron chi connectivity index (χ1n) is 8.01. The third-order valence-electron chi connectivity index (χ3n) is 3.92. The molecule has 1 aliphatic rings. The summed E-state index contributed by atoms with van der Waals surface area (Å²) in [5.74, 6) is 2.44. The SMILES string of the molecule is CCN(CC)CCN(CCOC)C(=O)CC1CSCCN1. The molecule has 1 rings (SSSR count). The van der Waals surface area contributed by atoms with E-state index in [1.54, 1.807) is 7.11 Å². The minimum Gasteiger partial charge on any atom is -0.383 e. The summed E-state index contributed by atoms with van der Waals surface area (Å²) in [7, 11) is 1.69. The number of thioether (sulfide) groups is 1. The number of nitrogens with zero attached hydrogens (tertiary/aromatic N) is 2. The minimum absolute atomic E-state index is 0.249. The van der Waals surface area contributed by atoms with Crippen LogP contribution in [0.3, 0.4) is 0 Å². The molecule has 0 radical (unpaired) electrons. The standard InChI is InChI=1S/C15H31N3O2S/c1-4-17(5-2)7-8-18(9-10-20-3)15(19)12-14-13-21-11-6-16-14/h14,16H,4-13H2,1-3H3. The smallest absolute Gasteiger partial charge is 0.224 e. The summed E-state index contributed by atoms with van der Waals surface area (Å²) < 4.78 is 5.14. The highest BCUT2D eigenvalue weighted by molar-refractivity contribution is 7.99. The van der Waals surface area contributed by atoms with Crippen molar-refractivity contribution in [3.63, 3.8) is 0 Å². The maximum Gasteiger partial charge on any atom is 0.224 e. The first-order valence-corrected chi connectivity index (χ1v) is 9.16. The number of amides is 1. The zero-order chi connectivity index (χ0) is 15.5. The average Bonchev–Trinajstić information content (AvgIpc) is 2.52. The highest BCUT2D eigenvalue weighted by Crippen LogP contribution is 2.11. The van der Waals surface area contributed by atoms with E-state index in [4.69, 9.17) is 4.74 Å². The number of hydrogen-bond acceptors (Lipinski definition) is 5. The summed E-state index contributed by atoms with van der Waals surface area (Å²) in [6, 6.07) is 0.328. The van der Waals surface area contributed by atoms with Crippen molar-refractivity contribution < 1.29 is 9.53 Å². The molecular weight excluding hydrogens is 286 g/mol. The molecule has 1 amide bonds. The maximum absolute atomic E-state index is 12.5. The van der Waals surface area contributed by atoms with Crippen molar-refractivity contribution in [2.75, 3.05) is 64.5 Å². The number of nitrogens with one attached hydrogen (secondary N) is 1. The Bertz CT molecular complexity index is 282. The van der Waals surface area contributed by atoms with E-state index in [1.165, 1.54) is 0 Å². The molecule has 1 N–H and O–H groups in total. The van der Waals surface area contributed by atoms with Gasteiger partial charge in [0.05, 0.1) is 6.61 Å². The van der Waals surface area contributed by atoms with Crippen molar-refractivity contribution in [2.45, 2.75) is 26.3 Å². The summed E-state index contributed by atoms with van der Waals surface area (Å²) in [4.78, 5) is 16.8. The van der Waals surface area contributed by atoms with Crippen LogP contribution in [0.25, 0.3) is 0 Å². The van der Waals surface area contributed by atoms with Crippen molar-refractivity contribution in [3.8, 4) is 0 Å². The first kappa shape index (κ1) is 18.7. The third-order valence-corrected chi connectivity index (χ3v) is 5.05. The van der Waals surface area contributed by atoms with E-state index in [9.17, 15) is 4.79 Å². The normalized spacial score (nSPS) is 19.0. The molecule has 0 spiro atoms. The Hall–Kier alpha value is -0.300. The van der Waals surface area contributed by atoms with Crippen LogP contribution in [0.2, 0.25) is 0 Å². The van der Waals surface area contributed by atoms with Crippen molar-refractivity contribution in [1.82, 2.24) is 15.1 Å². The number of carbonyl (C=O) groups is 1. The second-order valence-electron chi connectivity index (χ2n) is 5.33. The highest BCUT2D eigenvalue weighted by atomic mass is 32.2. The molecule has 1 atom stereocenters. The highest BCUT2D eigenvalue weighted by Gasteiger charge is 2.21. The summed E-state index contributed by atoms with van der Waals surface area (Å²) in [5.41, 5.74) is 0. The van der Waals surface area contributed by atoms with Gasteiger partial charge in [-0.3, -0.25) is 4.79 Å².